The second-order valence-electron chi connectivity index (χ2n) is 7.45. The van der Waals surface area contributed by atoms with E-state index in [2.05, 4.69) is 24.4 Å². The van der Waals surface area contributed by atoms with E-state index in [0.29, 0.717) is 10.0 Å². The van der Waals surface area contributed by atoms with E-state index in [4.69, 9.17) is 23.2 Å². The molecule has 2 fully saturated rings. The van der Waals surface area contributed by atoms with Crippen LogP contribution in [0.5, 0.6) is 5.75 Å². The molecule has 2 aromatic rings. The molecule has 1 saturated carbocycles. The number of amides is 1. The van der Waals surface area contributed by atoms with Gasteiger partial charge in [0.2, 0.25) is 5.91 Å². The Hall–Kier alpha value is -1.71. The largest absolute Gasteiger partial charge is 0.508 e. The lowest BCUT2D eigenvalue weighted by molar-refractivity contribution is -0.123. The SMILES string of the molecule is CC1NC(=O)C2CCC(c3ccc(O)cc3Cl)C(c3ccc(Cl)cc3)C12. The van der Waals surface area contributed by atoms with Gasteiger partial charge in [0, 0.05) is 22.0 Å². The van der Waals surface area contributed by atoms with Crippen molar-refractivity contribution in [1.29, 1.82) is 0 Å². The highest BCUT2D eigenvalue weighted by Crippen LogP contribution is 2.54. The molecule has 1 aliphatic heterocycles. The van der Waals surface area contributed by atoms with Crippen molar-refractivity contribution in [3.05, 3.63) is 63.6 Å². The second kappa shape index (κ2) is 6.79. The number of fused-ring (bicyclic) bond motifs is 1. The average molecular weight is 390 g/mol. The molecule has 5 unspecified atom stereocenters. The molecule has 0 bridgehead atoms. The normalized spacial score (nSPS) is 30.7. The first-order valence-electron chi connectivity index (χ1n) is 9.00. The van der Waals surface area contributed by atoms with Crippen LogP contribution < -0.4 is 5.32 Å². The van der Waals surface area contributed by atoms with E-state index in [1.165, 1.54) is 5.56 Å². The Morgan fingerprint density at radius 1 is 1.04 bits per heavy atom. The highest BCUT2D eigenvalue weighted by atomic mass is 35.5. The highest BCUT2D eigenvalue weighted by Gasteiger charge is 2.50. The van der Waals surface area contributed by atoms with Crippen LogP contribution in [0.15, 0.2) is 42.5 Å². The molecule has 1 aliphatic carbocycles. The zero-order chi connectivity index (χ0) is 18.4. The number of halogens is 2. The first-order valence-corrected chi connectivity index (χ1v) is 9.75. The van der Waals surface area contributed by atoms with Crippen molar-refractivity contribution in [2.45, 2.75) is 37.6 Å². The van der Waals surface area contributed by atoms with E-state index in [1.807, 2.05) is 18.2 Å². The topological polar surface area (TPSA) is 49.3 Å². The molecule has 1 saturated heterocycles. The van der Waals surface area contributed by atoms with E-state index < -0.39 is 0 Å². The van der Waals surface area contributed by atoms with Crippen LogP contribution in [-0.4, -0.2) is 17.1 Å². The first kappa shape index (κ1) is 17.7. The van der Waals surface area contributed by atoms with Crippen LogP contribution in [-0.2, 0) is 4.79 Å². The summed E-state index contributed by atoms with van der Waals surface area (Å²) in [5.41, 5.74) is 2.22. The summed E-state index contributed by atoms with van der Waals surface area (Å²) in [4.78, 5) is 12.4. The molecular formula is C21H21Cl2NO2. The maximum Gasteiger partial charge on any atom is 0.223 e. The number of rotatable bonds is 2. The lowest BCUT2D eigenvalue weighted by atomic mass is 9.62. The molecule has 2 aromatic carbocycles. The van der Waals surface area contributed by atoms with Crippen LogP contribution >= 0.6 is 23.2 Å². The molecule has 5 heteroatoms. The Morgan fingerprint density at radius 2 is 1.73 bits per heavy atom. The van der Waals surface area contributed by atoms with Gasteiger partial charge in [-0.15, -0.1) is 0 Å². The quantitative estimate of drug-likeness (QED) is 0.749. The maximum absolute atomic E-state index is 12.4. The van der Waals surface area contributed by atoms with Gasteiger partial charge in [0.15, 0.2) is 0 Å². The van der Waals surface area contributed by atoms with Crippen molar-refractivity contribution in [1.82, 2.24) is 5.32 Å². The Balaban J connectivity index is 1.81. The summed E-state index contributed by atoms with van der Waals surface area (Å²) in [7, 11) is 0. The van der Waals surface area contributed by atoms with Crippen LogP contribution in [0.3, 0.4) is 0 Å². The van der Waals surface area contributed by atoms with Crippen molar-refractivity contribution < 1.29 is 9.90 Å². The zero-order valence-electron chi connectivity index (χ0n) is 14.5. The fourth-order valence-electron chi connectivity index (χ4n) is 4.95. The molecule has 136 valence electrons. The number of hydrogen-bond acceptors (Lipinski definition) is 2. The molecule has 4 rings (SSSR count). The van der Waals surface area contributed by atoms with E-state index >= 15 is 0 Å². The fourth-order valence-corrected chi connectivity index (χ4v) is 5.39. The van der Waals surface area contributed by atoms with Gasteiger partial charge in [0.25, 0.3) is 0 Å². The van der Waals surface area contributed by atoms with E-state index in [1.54, 1.807) is 12.1 Å². The molecule has 0 radical (unpaired) electrons. The highest BCUT2D eigenvalue weighted by molar-refractivity contribution is 6.31. The molecule has 26 heavy (non-hydrogen) atoms. The molecule has 5 atom stereocenters. The number of carbonyl (C=O) groups excluding carboxylic acids is 1. The Morgan fingerprint density at radius 3 is 2.42 bits per heavy atom. The molecule has 2 aliphatic rings. The predicted molar refractivity (Wildman–Crippen MR) is 104 cm³/mol. The molecular weight excluding hydrogens is 369 g/mol. The third-order valence-corrected chi connectivity index (χ3v) is 6.60. The molecule has 2 N–H and O–H groups in total. The number of phenolic OH excluding ortho intramolecular Hbond substituents is 1. The zero-order valence-corrected chi connectivity index (χ0v) is 16.0. The summed E-state index contributed by atoms with van der Waals surface area (Å²) in [6.07, 6.45) is 1.74. The third kappa shape index (κ3) is 2.97. The summed E-state index contributed by atoms with van der Waals surface area (Å²) >= 11 is 12.6. The number of aromatic hydroxyl groups is 1. The van der Waals surface area contributed by atoms with Gasteiger partial charge in [0.05, 0.1) is 0 Å². The number of phenols is 1. The summed E-state index contributed by atoms with van der Waals surface area (Å²) in [6.45, 7) is 2.09. The predicted octanol–water partition coefficient (Wildman–Crippen LogP) is 5.11. The van der Waals surface area contributed by atoms with Gasteiger partial charge in [-0.25, -0.2) is 0 Å². The minimum Gasteiger partial charge on any atom is -0.508 e. The van der Waals surface area contributed by atoms with E-state index in [9.17, 15) is 9.90 Å². The van der Waals surface area contributed by atoms with Crippen molar-refractivity contribution in [2.75, 3.05) is 0 Å². The smallest absolute Gasteiger partial charge is 0.223 e. The van der Waals surface area contributed by atoms with Crippen molar-refractivity contribution in [3.8, 4) is 5.75 Å². The standard InChI is InChI=1S/C21H21Cl2NO2/c1-11-19-17(21(26)24-11)9-8-16(15-7-6-14(25)10-18(15)23)20(19)12-2-4-13(22)5-3-12/h2-7,10-11,16-17,19-20,25H,8-9H2,1H3,(H,24,26). The van der Waals surface area contributed by atoms with E-state index in [0.717, 1.165) is 18.4 Å². The van der Waals surface area contributed by atoms with Gasteiger partial charge >= 0.3 is 0 Å². The maximum atomic E-state index is 12.4. The van der Waals surface area contributed by atoms with Crippen LogP contribution in [0.4, 0.5) is 0 Å². The van der Waals surface area contributed by atoms with Gasteiger partial charge in [-0.05, 0) is 72.9 Å². The number of carbonyl (C=O) groups is 1. The van der Waals surface area contributed by atoms with Gasteiger partial charge in [-0.1, -0.05) is 41.4 Å². The summed E-state index contributed by atoms with van der Waals surface area (Å²) in [6, 6.07) is 13.3. The molecule has 1 amide bonds. The van der Waals surface area contributed by atoms with Crippen molar-refractivity contribution in [2.24, 2.45) is 11.8 Å². The van der Waals surface area contributed by atoms with Gasteiger partial charge in [-0.3, -0.25) is 4.79 Å². The van der Waals surface area contributed by atoms with E-state index in [-0.39, 0.29) is 41.4 Å². The van der Waals surface area contributed by atoms with Gasteiger partial charge in [-0.2, -0.15) is 0 Å². The fraction of sp³-hybridized carbons (Fsp3) is 0.381. The molecule has 1 heterocycles. The monoisotopic (exact) mass is 389 g/mol. The summed E-state index contributed by atoms with van der Waals surface area (Å²) in [5, 5.41) is 14.1. The Labute approximate surface area is 163 Å². The van der Waals surface area contributed by atoms with Crippen LogP contribution in [0.1, 0.15) is 42.7 Å². The molecule has 3 nitrogen and oxygen atoms in total. The lowest BCUT2D eigenvalue weighted by Gasteiger charge is -2.41. The number of benzene rings is 2. The minimum absolute atomic E-state index is 0.0396. The first-order chi connectivity index (χ1) is 12.5. The molecule has 0 aromatic heterocycles. The number of hydrogen-bond donors (Lipinski definition) is 2. The van der Waals surface area contributed by atoms with Crippen LogP contribution in [0, 0.1) is 11.8 Å². The third-order valence-electron chi connectivity index (χ3n) is 6.02. The van der Waals surface area contributed by atoms with Gasteiger partial charge in [0.1, 0.15) is 5.75 Å². The average Bonchev–Trinajstić information content (AvgIpc) is 2.90. The minimum atomic E-state index is 0.0396. The van der Waals surface area contributed by atoms with Gasteiger partial charge < -0.3 is 10.4 Å². The van der Waals surface area contributed by atoms with Crippen molar-refractivity contribution >= 4 is 29.1 Å². The lowest BCUT2D eigenvalue weighted by Crippen LogP contribution is -2.35. The Bertz CT molecular complexity index is 836. The second-order valence-corrected chi connectivity index (χ2v) is 8.29. The van der Waals surface area contributed by atoms with Crippen LogP contribution in [0.2, 0.25) is 10.0 Å². The van der Waals surface area contributed by atoms with Crippen LogP contribution in [0.25, 0.3) is 0 Å². The summed E-state index contributed by atoms with van der Waals surface area (Å²) < 4.78 is 0. The summed E-state index contributed by atoms with van der Waals surface area (Å²) in [5.74, 6) is 0.950. The van der Waals surface area contributed by atoms with Crippen molar-refractivity contribution in [3.63, 3.8) is 0 Å². The molecule has 0 spiro atoms. The number of nitrogens with one attached hydrogen (secondary N) is 1. The Kier molecular flexibility index (Phi) is 4.62.